The maximum absolute atomic E-state index is 4.22. The molecule has 0 saturated carbocycles. The smallest absolute Gasteiger partial charge is 0.0725 e. The molecule has 3 heteroatoms. The van der Waals surface area contributed by atoms with Crippen LogP contribution in [-0.4, -0.2) is 15.0 Å². The Labute approximate surface area is 125 Å². The molecule has 0 saturated heterocycles. The third kappa shape index (κ3) is 7.66. The highest BCUT2D eigenvalue weighted by Crippen LogP contribution is 2.12. The molecule has 0 bridgehead atoms. The summed E-state index contributed by atoms with van der Waals surface area (Å²) < 4.78 is 2.11. The zero-order valence-electron chi connectivity index (χ0n) is 13.9. The lowest BCUT2D eigenvalue weighted by molar-refractivity contribution is 0.477. The van der Waals surface area contributed by atoms with E-state index in [0.717, 1.165) is 24.8 Å². The van der Waals surface area contributed by atoms with E-state index >= 15 is 0 Å². The van der Waals surface area contributed by atoms with Crippen LogP contribution in [0.3, 0.4) is 0 Å². The summed E-state index contributed by atoms with van der Waals surface area (Å²) in [5, 5.41) is 8.28. The molecule has 0 unspecified atom stereocenters. The SMILES string of the molecule is CC(C)CCCCCCCn1nncc1CCC(C)C. The van der Waals surface area contributed by atoms with Crippen LogP contribution in [0.5, 0.6) is 0 Å². The topological polar surface area (TPSA) is 30.7 Å². The summed E-state index contributed by atoms with van der Waals surface area (Å²) >= 11 is 0. The van der Waals surface area contributed by atoms with Gasteiger partial charge < -0.3 is 0 Å². The summed E-state index contributed by atoms with van der Waals surface area (Å²) in [5.74, 6) is 1.60. The lowest BCUT2D eigenvalue weighted by Gasteiger charge is -2.08. The van der Waals surface area contributed by atoms with Crippen molar-refractivity contribution in [3.05, 3.63) is 11.9 Å². The van der Waals surface area contributed by atoms with E-state index in [1.807, 2.05) is 6.20 Å². The Bertz CT molecular complexity index is 342. The van der Waals surface area contributed by atoms with Crippen LogP contribution in [0.4, 0.5) is 0 Å². The highest BCUT2D eigenvalue weighted by atomic mass is 15.4. The first-order valence-corrected chi connectivity index (χ1v) is 8.47. The van der Waals surface area contributed by atoms with Gasteiger partial charge in [-0.15, -0.1) is 5.10 Å². The minimum absolute atomic E-state index is 0.749. The lowest BCUT2D eigenvalue weighted by atomic mass is 10.0. The van der Waals surface area contributed by atoms with Crippen LogP contribution in [0.2, 0.25) is 0 Å². The zero-order chi connectivity index (χ0) is 14.8. The monoisotopic (exact) mass is 279 g/mol. The van der Waals surface area contributed by atoms with Crippen molar-refractivity contribution in [3.63, 3.8) is 0 Å². The van der Waals surface area contributed by atoms with Crippen molar-refractivity contribution in [1.29, 1.82) is 0 Å². The van der Waals surface area contributed by atoms with Gasteiger partial charge in [0.15, 0.2) is 0 Å². The van der Waals surface area contributed by atoms with Gasteiger partial charge in [-0.2, -0.15) is 0 Å². The highest BCUT2D eigenvalue weighted by Gasteiger charge is 2.05. The molecule has 1 aromatic heterocycles. The third-order valence-corrected chi connectivity index (χ3v) is 3.83. The molecule has 0 amide bonds. The second-order valence-corrected chi connectivity index (χ2v) is 6.83. The molecule has 0 radical (unpaired) electrons. The standard InChI is InChI=1S/C17H33N3/c1-15(2)10-8-6-5-7-9-13-20-17(14-18-19-20)12-11-16(3)4/h14-16H,5-13H2,1-4H3. The molecule has 0 spiro atoms. The average Bonchev–Trinajstić information content (AvgIpc) is 2.82. The van der Waals surface area contributed by atoms with Crippen molar-refractivity contribution in [3.8, 4) is 0 Å². The van der Waals surface area contributed by atoms with Gasteiger partial charge in [-0.1, -0.05) is 65.0 Å². The Morgan fingerprint density at radius 3 is 2.25 bits per heavy atom. The number of hydrogen-bond acceptors (Lipinski definition) is 2. The Morgan fingerprint density at radius 1 is 0.900 bits per heavy atom. The quantitative estimate of drug-likeness (QED) is 0.541. The molecule has 0 aliphatic rings. The first kappa shape index (κ1) is 17.2. The van der Waals surface area contributed by atoms with Crippen LogP contribution in [0.15, 0.2) is 6.20 Å². The Morgan fingerprint density at radius 2 is 1.55 bits per heavy atom. The van der Waals surface area contributed by atoms with E-state index in [-0.39, 0.29) is 0 Å². The van der Waals surface area contributed by atoms with Crippen molar-refractivity contribution < 1.29 is 0 Å². The number of aryl methyl sites for hydroxylation is 2. The number of hydrogen-bond donors (Lipinski definition) is 0. The normalized spacial score (nSPS) is 11.7. The third-order valence-electron chi connectivity index (χ3n) is 3.83. The second-order valence-electron chi connectivity index (χ2n) is 6.83. The molecule has 0 aliphatic carbocycles. The Hall–Kier alpha value is -0.860. The van der Waals surface area contributed by atoms with Gasteiger partial charge in [0.05, 0.1) is 11.9 Å². The fraction of sp³-hybridized carbons (Fsp3) is 0.882. The summed E-state index contributed by atoms with van der Waals surface area (Å²) in [7, 11) is 0. The molecule has 0 fully saturated rings. The molecular formula is C17H33N3. The van der Waals surface area contributed by atoms with Gasteiger partial charge in [0.25, 0.3) is 0 Å². The van der Waals surface area contributed by atoms with Crippen molar-refractivity contribution >= 4 is 0 Å². The van der Waals surface area contributed by atoms with Crippen LogP contribution in [0.25, 0.3) is 0 Å². The molecule has 1 heterocycles. The molecule has 1 rings (SSSR count). The summed E-state index contributed by atoms with van der Waals surface area (Å²) in [6.07, 6.45) is 12.3. The van der Waals surface area contributed by atoms with E-state index in [0.29, 0.717) is 0 Å². The molecule has 0 aliphatic heterocycles. The molecule has 1 aromatic rings. The molecule has 0 aromatic carbocycles. The summed E-state index contributed by atoms with van der Waals surface area (Å²) in [6, 6.07) is 0. The maximum Gasteiger partial charge on any atom is 0.0725 e. The predicted octanol–water partition coefficient (Wildman–Crippen LogP) is 4.86. The molecule has 0 N–H and O–H groups in total. The van der Waals surface area contributed by atoms with E-state index < -0.39 is 0 Å². The lowest BCUT2D eigenvalue weighted by Crippen LogP contribution is -2.06. The van der Waals surface area contributed by atoms with Crippen LogP contribution >= 0.6 is 0 Å². The molecule has 3 nitrogen and oxygen atoms in total. The molecule has 20 heavy (non-hydrogen) atoms. The van der Waals surface area contributed by atoms with Crippen molar-refractivity contribution in [1.82, 2.24) is 15.0 Å². The fourth-order valence-corrected chi connectivity index (χ4v) is 2.44. The van der Waals surface area contributed by atoms with Gasteiger partial charge in [-0.25, -0.2) is 4.68 Å². The first-order chi connectivity index (χ1) is 9.59. The van der Waals surface area contributed by atoms with Crippen LogP contribution in [-0.2, 0) is 13.0 Å². The van der Waals surface area contributed by atoms with Gasteiger partial charge in [-0.05, 0) is 31.1 Å². The Kier molecular flexibility index (Phi) is 8.56. The van der Waals surface area contributed by atoms with Gasteiger partial charge in [-0.3, -0.25) is 0 Å². The number of nitrogens with zero attached hydrogens (tertiary/aromatic N) is 3. The number of aromatic nitrogens is 3. The minimum atomic E-state index is 0.749. The van der Waals surface area contributed by atoms with Gasteiger partial charge >= 0.3 is 0 Å². The van der Waals surface area contributed by atoms with E-state index in [4.69, 9.17) is 0 Å². The second kappa shape index (κ2) is 9.95. The average molecular weight is 279 g/mol. The maximum atomic E-state index is 4.22. The van der Waals surface area contributed by atoms with Gasteiger partial charge in [0, 0.05) is 6.54 Å². The van der Waals surface area contributed by atoms with Crippen molar-refractivity contribution in [2.75, 3.05) is 0 Å². The van der Waals surface area contributed by atoms with Crippen molar-refractivity contribution in [2.45, 2.75) is 85.6 Å². The van der Waals surface area contributed by atoms with E-state index in [1.165, 1.54) is 50.6 Å². The highest BCUT2D eigenvalue weighted by molar-refractivity contribution is 4.94. The molecule has 0 atom stereocenters. The summed E-state index contributed by atoms with van der Waals surface area (Å²) in [4.78, 5) is 0. The Balaban J connectivity index is 2.11. The number of unbranched alkanes of at least 4 members (excludes halogenated alkanes) is 4. The van der Waals surface area contributed by atoms with Crippen LogP contribution < -0.4 is 0 Å². The van der Waals surface area contributed by atoms with E-state index in [9.17, 15) is 0 Å². The molecular weight excluding hydrogens is 246 g/mol. The zero-order valence-corrected chi connectivity index (χ0v) is 13.9. The molecule has 116 valence electrons. The fourth-order valence-electron chi connectivity index (χ4n) is 2.44. The van der Waals surface area contributed by atoms with E-state index in [2.05, 4.69) is 42.7 Å². The summed E-state index contributed by atoms with van der Waals surface area (Å²) in [5.41, 5.74) is 1.30. The van der Waals surface area contributed by atoms with Crippen molar-refractivity contribution in [2.24, 2.45) is 11.8 Å². The largest absolute Gasteiger partial charge is 0.249 e. The van der Waals surface area contributed by atoms with Gasteiger partial charge in [0.1, 0.15) is 0 Å². The van der Waals surface area contributed by atoms with E-state index in [1.54, 1.807) is 0 Å². The first-order valence-electron chi connectivity index (χ1n) is 8.47. The van der Waals surface area contributed by atoms with Crippen LogP contribution in [0, 0.1) is 11.8 Å². The summed E-state index contributed by atoms with van der Waals surface area (Å²) in [6.45, 7) is 10.2. The minimum Gasteiger partial charge on any atom is -0.249 e. The van der Waals surface area contributed by atoms with Gasteiger partial charge in [0.2, 0.25) is 0 Å². The predicted molar refractivity (Wildman–Crippen MR) is 85.7 cm³/mol. The van der Waals surface area contributed by atoms with Crippen LogP contribution in [0.1, 0.15) is 78.3 Å². The number of rotatable bonds is 11.